The molecule has 6 heteroatoms. The summed E-state index contributed by atoms with van der Waals surface area (Å²) in [7, 11) is 0. The third-order valence-corrected chi connectivity index (χ3v) is 5.52. The Morgan fingerprint density at radius 3 is 2.59 bits per heavy atom. The lowest BCUT2D eigenvalue weighted by Crippen LogP contribution is -2.47. The molecule has 2 aromatic rings. The number of rotatable bonds is 7. The van der Waals surface area contributed by atoms with Crippen LogP contribution in [0.15, 0.2) is 54.6 Å². The van der Waals surface area contributed by atoms with Gasteiger partial charge in [0.05, 0.1) is 19.1 Å². The smallest absolute Gasteiger partial charge is 0.306 e. The van der Waals surface area contributed by atoms with Crippen LogP contribution in [-0.4, -0.2) is 47.7 Å². The molecule has 4 rings (SSSR count). The molecular formula is C23H25NO5. The molecule has 0 unspecified atom stereocenters. The van der Waals surface area contributed by atoms with Gasteiger partial charge >= 0.3 is 5.97 Å². The molecule has 0 aromatic heterocycles. The van der Waals surface area contributed by atoms with Crippen LogP contribution >= 0.6 is 0 Å². The van der Waals surface area contributed by atoms with Gasteiger partial charge in [-0.3, -0.25) is 9.59 Å². The number of carbonyl (C=O) groups excluding carboxylic acids is 1. The zero-order chi connectivity index (χ0) is 20.2. The van der Waals surface area contributed by atoms with Gasteiger partial charge in [0.25, 0.3) is 0 Å². The number of aliphatic carboxylic acids is 1. The van der Waals surface area contributed by atoms with Crippen molar-refractivity contribution in [3.8, 4) is 5.75 Å². The van der Waals surface area contributed by atoms with Crippen molar-refractivity contribution in [1.29, 1.82) is 0 Å². The average Bonchev–Trinajstić information content (AvgIpc) is 3.53. The van der Waals surface area contributed by atoms with E-state index in [4.69, 9.17) is 14.6 Å². The predicted octanol–water partition coefficient (Wildman–Crippen LogP) is 3.07. The SMILES string of the molecule is O=C(O)C[C@@H]1CN(C(=O)[C@H]2C[C@@H]2c2ccc(OCc3ccccc3)cc2)CCO1. The fourth-order valence-corrected chi connectivity index (χ4v) is 3.86. The van der Waals surface area contributed by atoms with E-state index in [1.165, 1.54) is 0 Å². The Morgan fingerprint density at radius 2 is 1.86 bits per heavy atom. The lowest BCUT2D eigenvalue weighted by molar-refractivity contribution is -0.148. The van der Waals surface area contributed by atoms with Gasteiger partial charge in [-0.1, -0.05) is 42.5 Å². The van der Waals surface area contributed by atoms with Crippen molar-refractivity contribution >= 4 is 11.9 Å². The van der Waals surface area contributed by atoms with E-state index in [-0.39, 0.29) is 24.2 Å². The van der Waals surface area contributed by atoms with Crippen LogP contribution in [0.4, 0.5) is 0 Å². The van der Waals surface area contributed by atoms with E-state index in [0.29, 0.717) is 26.3 Å². The molecule has 1 saturated heterocycles. The lowest BCUT2D eigenvalue weighted by Gasteiger charge is -2.32. The Bertz CT molecular complexity index is 851. The standard InChI is InChI=1S/C23H25NO5/c25-22(26)12-19-14-24(10-11-28-19)23(27)21-13-20(21)17-6-8-18(9-7-17)29-15-16-4-2-1-3-5-16/h1-9,19-21H,10-15H2,(H,25,26)/t19-,20-,21+/m1/s1. The first-order chi connectivity index (χ1) is 14.1. The Morgan fingerprint density at radius 1 is 1.10 bits per heavy atom. The maximum Gasteiger partial charge on any atom is 0.306 e. The molecule has 0 bridgehead atoms. The number of hydrogen-bond donors (Lipinski definition) is 1. The zero-order valence-corrected chi connectivity index (χ0v) is 16.2. The summed E-state index contributed by atoms with van der Waals surface area (Å²) in [5, 5.41) is 8.93. The van der Waals surface area contributed by atoms with Crippen LogP contribution in [0.1, 0.15) is 29.9 Å². The molecule has 1 aliphatic heterocycles. The zero-order valence-electron chi connectivity index (χ0n) is 16.2. The summed E-state index contributed by atoms with van der Waals surface area (Å²) in [5.74, 6) is 0.230. The second kappa shape index (κ2) is 8.66. The van der Waals surface area contributed by atoms with E-state index in [0.717, 1.165) is 23.3 Å². The number of nitrogens with zero attached hydrogens (tertiary/aromatic N) is 1. The summed E-state index contributed by atoms with van der Waals surface area (Å²) in [5.41, 5.74) is 2.27. The van der Waals surface area contributed by atoms with E-state index < -0.39 is 12.1 Å². The minimum absolute atomic E-state index is 0.0188. The molecule has 0 radical (unpaired) electrons. The Kier molecular flexibility index (Phi) is 5.81. The van der Waals surface area contributed by atoms with E-state index in [1.807, 2.05) is 54.6 Å². The maximum atomic E-state index is 12.8. The highest BCUT2D eigenvalue weighted by atomic mass is 16.5. The van der Waals surface area contributed by atoms with Gasteiger partial charge in [-0.25, -0.2) is 0 Å². The van der Waals surface area contributed by atoms with Crippen LogP contribution in [0.5, 0.6) is 5.75 Å². The molecule has 152 valence electrons. The molecular weight excluding hydrogens is 370 g/mol. The Labute approximate surface area is 170 Å². The van der Waals surface area contributed by atoms with Crippen LogP contribution in [-0.2, 0) is 20.9 Å². The minimum Gasteiger partial charge on any atom is -0.489 e. The van der Waals surface area contributed by atoms with Crippen molar-refractivity contribution in [3.05, 3.63) is 65.7 Å². The van der Waals surface area contributed by atoms with Gasteiger partial charge in [0.2, 0.25) is 5.91 Å². The molecule has 6 nitrogen and oxygen atoms in total. The highest BCUT2D eigenvalue weighted by Gasteiger charge is 2.46. The van der Waals surface area contributed by atoms with Gasteiger partial charge in [0, 0.05) is 19.0 Å². The second-order valence-corrected chi connectivity index (χ2v) is 7.67. The molecule has 1 N–H and O–H groups in total. The third kappa shape index (κ3) is 4.95. The van der Waals surface area contributed by atoms with Crippen LogP contribution < -0.4 is 4.74 Å². The van der Waals surface area contributed by atoms with E-state index in [9.17, 15) is 9.59 Å². The van der Waals surface area contributed by atoms with Gasteiger partial charge in [-0.2, -0.15) is 0 Å². The number of carbonyl (C=O) groups is 2. The van der Waals surface area contributed by atoms with Crippen molar-refractivity contribution in [1.82, 2.24) is 4.90 Å². The number of carboxylic acid groups (broad SMARTS) is 1. The second-order valence-electron chi connectivity index (χ2n) is 7.67. The van der Waals surface area contributed by atoms with Crippen molar-refractivity contribution in [2.75, 3.05) is 19.7 Å². The molecule has 1 aliphatic carbocycles. The minimum atomic E-state index is -0.900. The summed E-state index contributed by atoms with van der Waals surface area (Å²) in [4.78, 5) is 25.5. The molecule has 2 fully saturated rings. The normalized spacial score (nSPS) is 23.4. The first-order valence-corrected chi connectivity index (χ1v) is 9.99. The van der Waals surface area contributed by atoms with E-state index in [2.05, 4.69) is 0 Å². The molecule has 0 spiro atoms. The number of amides is 1. The van der Waals surface area contributed by atoms with Crippen molar-refractivity contribution < 1.29 is 24.2 Å². The topological polar surface area (TPSA) is 76.1 Å². The van der Waals surface area contributed by atoms with Crippen LogP contribution in [0.3, 0.4) is 0 Å². The highest BCUT2D eigenvalue weighted by Crippen LogP contribution is 2.48. The average molecular weight is 395 g/mol. The van der Waals surface area contributed by atoms with Gasteiger partial charge < -0.3 is 19.5 Å². The Balaban J connectivity index is 1.29. The first-order valence-electron chi connectivity index (χ1n) is 9.99. The van der Waals surface area contributed by atoms with Gasteiger partial charge in [0.15, 0.2) is 0 Å². The molecule has 1 amide bonds. The molecule has 2 aromatic carbocycles. The van der Waals surface area contributed by atoms with E-state index >= 15 is 0 Å². The van der Waals surface area contributed by atoms with E-state index in [1.54, 1.807) is 4.90 Å². The number of benzene rings is 2. The summed E-state index contributed by atoms with van der Waals surface area (Å²) in [6.45, 7) is 1.82. The van der Waals surface area contributed by atoms with Crippen LogP contribution in [0.2, 0.25) is 0 Å². The number of ether oxygens (including phenoxy) is 2. The number of morpholine rings is 1. The summed E-state index contributed by atoms with van der Waals surface area (Å²) < 4.78 is 11.3. The molecule has 2 aliphatic rings. The lowest BCUT2D eigenvalue weighted by atomic mass is 10.1. The fraction of sp³-hybridized carbons (Fsp3) is 0.391. The fourth-order valence-electron chi connectivity index (χ4n) is 3.86. The predicted molar refractivity (Wildman–Crippen MR) is 107 cm³/mol. The van der Waals surface area contributed by atoms with Gasteiger partial charge in [-0.15, -0.1) is 0 Å². The van der Waals surface area contributed by atoms with Gasteiger partial charge in [0.1, 0.15) is 12.4 Å². The molecule has 29 heavy (non-hydrogen) atoms. The molecule has 1 heterocycles. The van der Waals surface area contributed by atoms with Crippen molar-refractivity contribution in [2.24, 2.45) is 5.92 Å². The monoisotopic (exact) mass is 395 g/mol. The highest BCUT2D eigenvalue weighted by molar-refractivity contribution is 5.83. The molecule has 1 saturated carbocycles. The summed E-state index contributed by atoms with van der Waals surface area (Å²) >= 11 is 0. The van der Waals surface area contributed by atoms with Crippen molar-refractivity contribution in [3.63, 3.8) is 0 Å². The van der Waals surface area contributed by atoms with Gasteiger partial charge in [-0.05, 0) is 35.6 Å². The van der Waals surface area contributed by atoms with Crippen LogP contribution in [0, 0.1) is 5.92 Å². The largest absolute Gasteiger partial charge is 0.489 e. The Hall–Kier alpha value is -2.86. The third-order valence-electron chi connectivity index (χ3n) is 5.52. The number of hydrogen-bond acceptors (Lipinski definition) is 4. The number of carboxylic acids is 1. The maximum absolute atomic E-state index is 12.8. The summed E-state index contributed by atoms with van der Waals surface area (Å²) in [6.07, 6.45) is 0.357. The first kappa shape index (κ1) is 19.5. The molecule has 3 atom stereocenters. The summed E-state index contributed by atoms with van der Waals surface area (Å²) in [6, 6.07) is 18.0. The van der Waals surface area contributed by atoms with Crippen molar-refractivity contribution in [2.45, 2.75) is 31.5 Å². The van der Waals surface area contributed by atoms with Crippen LogP contribution in [0.25, 0.3) is 0 Å². The quantitative estimate of drug-likeness (QED) is 0.780.